The zero-order valence-corrected chi connectivity index (χ0v) is 11.7. The molecule has 1 aromatic carbocycles. The summed E-state index contributed by atoms with van der Waals surface area (Å²) in [5, 5.41) is 16.0. The summed E-state index contributed by atoms with van der Waals surface area (Å²) in [6, 6.07) is 2.97. The van der Waals surface area contributed by atoms with Crippen LogP contribution < -0.4 is 10.6 Å². The molecular weight excluding hydrogens is 295 g/mol. The average molecular weight is 307 g/mol. The minimum Gasteiger partial charge on any atom is -0.504 e. The van der Waals surface area contributed by atoms with Crippen LogP contribution >= 0.6 is 11.6 Å². The molecule has 0 aliphatic carbocycles. The normalized spacial score (nSPS) is 14.9. The van der Waals surface area contributed by atoms with E-state index in [-0.39, 0.29) is 18.1 Å². The first-order valence-corrected chi connectivity index (χ1v) is 6.67. The van der Waals surface area contributed by atoms with E-state index in [0.717, 1.165) is 0 Å². The number of hydrogen-bond donors (Lipinski definition) is 3. The molecule has 7 heteroatoms. The summed E-state index contributed by atoms with van der Waals surface area (Å²) < 4.78 is 14.0. The van der Waals surface area contributed by atoms with E-state index in [4.69, 9.17) is 11.6 Å². The summed E-state index contributed by atoms with van der Waals surface area (Å²) in [6.07, 6.45) is 4.67. The van der Waals surface area contributed by atoms with Gasteiger partial charge in [-0.2, -0.15) is 0 Å². The quantitative estimate of drug-likeness (QED) is 0.812. The van der Waals surface area contributed by atoms with Gasteiger partial charge in [-0.1, -0.05) is 11.6 Å². The smallest absolute Gasteiger partial charge is 0.156 e. The fourth-order valence-corrected chi connectivity index (χ4v) is 2.21. The van der Waals surface area contributed by atoms with Gasteiger partial charge in [-0.05, 0) is 6.07 Å². The molecular formula is C14H12ClFN4O. The minimum atomic E-state index is -0.380. The van der Waals surface area contributed by atoms with E-state index in [1.54, 1.807) is 18.5 Å². The molecule has 5 nitrogen and oxygen atoms in total. The fraction of sp³-hybridized carbons (Fsp3) is 0.143. The molecule has 0 atom stereocenters. The van der Waals surface area contributed by atoms with Crippen LogP contribution in [0.1, 0.15) is 5.56 Å². The number of rotatable bonds is 3. The number of fused-ring (bicyclic) bond motifs is 1. The molecule has 21 heavy (non-hydrogen) atoms. The van der Waals surface area contributed by atoms with Crippen molar-refractivity contribution in [1.82, 2.24) is 20.6 Å². The lowest BCUT2D eigenvalue weighted by Gasteiger charge is -2.17. The zero-order valence-electron chi connectivity index (χ0n) is 10.9. The van der Waals surface area contributed by atoms with Crippen LogP contribution in [0.4, 0.5) is 4.39 Å². The second-order valence-corrected chi connectivity index (χ2v) is 4.99. The van der Waals surface area contributed by atoms with Gasteiger partial charge in [0.2, 0.25) is 0 Å². The van der Waals surface area contributed by atoms with Crippen LogP contribution in [0.3, 0.4) is 0 Å². The average Bonchev–Trinajstić information content (AvgIpc) is 2.49. The number of hydrogen-bond acceptors (Lipinski definition) is 5. The third kappa shape index (κ3) is 2.75. The second kappa shape index (κ2) is 5.57. The molecule has 0 unspecified atom stereocenters. The van der Waals surface area contributed by atoms with Crippen molar-refractivity contribution in [2.45, 2.75) is 6.54 Å². The lowest BCUT2D eigenvalue weighted by molar-refractivity contribution is 0.403. The predicted molar refractivity (Wildman–Crippen MR) is 77.9 cm³/mol. The van der Waals surface area contributed by atoms with Gasteiger partial charge in [0.25, 0.3) is 0 Å². The van der Waals surface area contributed by atoms with Crippen LogP contribution in [0, 0.1) is 5.82 Å². The topological polar surface area (TPSA) is 70.1 Å². The number of nitrogens with one attached hydrogen (secondary N) is 2. The number of aromatic nitrogens is 2. The van der Waals surface area contributed by atoms with Gasteiger partial charge in [0, 0.05) is 36.8 Å². The van der Waals surface area contributed by atoms with Gasteiger partial charge in [0.1, 0.15) is 5.82 Å². The van der Waals surface area contributed by atoms with Crippen LogP contribution in [0.25, 0.3) is 11.0 Å². The van der Waals surface area contributed by atoms with Crippen molar-refractivity contribution in [2.75, 3.05) is 6.54 Å². The highest BCUT2D eigenvalue weighted by molar-refractivity contribution is 6.30. The van der Waals surface area contributed by atoms with Gasteiger partial charge < -0.3 is 15.7 Å². The molecule has 2 aromatic rings. The first-order valence-electron chi connectivity index (χ1n) is 6.29. The molecule has 1 aromatic heterocycles. The Morgan fingerprint density at radius 1 is 1.29 bits per heavy atom. The Morgan fingerprint density at radius 2 is 2.00 bits per heavy atom. The molecule has 0 saturated carbocycles. The minimum absolute atomic E-state index is 0.0311. The maximum Gasteiger partial charge on any atom is 0.156 e. The van der Waals surface area contributed by atoms with Crippen molar-refractivity contribution in [3.05, 3.63) is 58.6 Å². The van der Waals surface area contributed by atoms with Crippen molar-refractivity contribution in [3.63, 3.8) is 0 Å². The first kappa shape index (κ1) is 13.6. The van der Waals surface area contributed by atoms with Gasteiger partial charge in [-0.3, -0.25) is 9.97 Å². The van der Waals surface area contributed by atoms with Gasteiger partial charge >= 0.3 is 0 Å². The highest BCUT2D eigenvalue weighted by Crippen LogP contribution is 2.19. The maximum absolute atomic E-state index is 14.0. The van der Waals surface area contributed by atoms with E-state index in [0.29, 0.717) is 33.9 Å². The van der Waals surface area contributed by atoms with Crippen LogP contribution in [-0.4, -0.2) is 21.6 Å². The monoisotopic (exact) mass is 306 g/mol. The molecule has 1 aliphatic rings. The summed E-state index contributed by atoms with van der Waals surface area (Å²) in [5.41, 5.74) is 1.97. The third-order valence-electron chi connectivity index (χ3n) is 3.12. The SMILES string of the molecule is OC1=C(Cl)CNC=C1NCc1cc2nccnc2cc1F. The van der Waals surface area contributed by atoms with E-state index in [1.807, 2.05) is 0 Å². The number of aliphatic hydroxyl groups is 1. The Bertz CT molecular complexity index is 760. The lowest BCUT2D eigenvalue weighted by atomic mass is 10.1. The molecule has 3 rings (SSSR count). The van der Waals surface area contributed by atoms with E-state index in [2.05, 4.69) is 20.6 Å². The van der Waals surface area contributed by atoms with Crippen LogP contribution in [0.2, 0.25) is 0 Å². The summed E-state index contributed by atoms with van der Waals surface area (Å²) in [7, 11) is 0. The van der Waals surface area contributed by atoms with Crippen molar-refractivity contribution < 1.29 is 9.50 Å². The first-order chi connectivity index (χ1) is 10.1. The fourth-order valence-electron chi connectivity index (χ4n) is 2.03. The lowest BCUT2D eigenvalue weighted by Crippen LogP contribution is -2.24. The third-order valence-corrected chi connectivity index (χ3v) is 3.44. The van der Waals surface area contributed by atoms with Gasteiger partial charge in [-0.25, -0.2) is 4.39 Å². The summed E-state index contributed by atoms with van der Waals surface area (Å²) in [6.45, 7) is 0.568. The predicted octanol–water partition coefficient (Wildman–Crippen LogP) is 2.31. The number of halogens is 2. The van der Waals surface area contributed by atoms with Crippen molar-refractivity contribution >= 4 is 22.6 Å². The van der Waals surface area contributed by atoms with Crippen LogP contribution in [-0.2, 0) is 6.54 Å². The molecule has 108 valence electrons. The van der Waals surface area contributed by atoms with E-state index >= 15 is 0 Å². The van der Waals surface area contributed by atoms with Crippen molar-refractivity contribution in [3.8, 4) is 0 Å². The molecule has 0 fully saturated rings. The number of benzene rings is 1. The summed E-state index contributed by atoms with van der Waals surface area (Å²) >= 11 is 5.85. The molecule has 1 aliphatic heterocycles. The highest BCUT2D eigenvalue weighted by Gasteiger charge is 2.14. The van der Waals surface area contributed by atoms with Gasteiger partial charge in [0.05, 0.1) is 28.3 Å². The standard InChI is InChI=1S/C14H12ClFN4O/c15-9-6-17-7-13(14(9)21)20-5-8-3-11-12(4-10(8)16)19-2-1-18-11/h1-4,7,17,20-21H,5-6H2. The van der Waals surface area contributed by atoms with E-state index < -0.39 is 0 Å². The highest BCUT2D eigenvalue weighted by atomic mass is 35.5. The van der Waals surface area contributed by atoms with Crippen molar-refractivity contribution in [2.24, 2.45) is 0 Å². The molecule has 0 saturated heterocycles. The Morgan fingerprint density at radius 3 is 2.76 bits per heavy atom. The van der Waals surface area contributed by atoms with Crippen LogP contribution in [0.15, 0.2) is 47.2 Å². The number of aliphatic hydroxyl groups excluding tert-OH is 1. The van der Waals surface area contributed by atoms with E-state index in [1.165, 1.54) is 12.3 Å². The molecule has 0 radical (unpaired) electrons. The Balaban J connectivity index is 1.82. The largest absolute Gasteiger partial charge is 0.504 e. The molecule has 0 amide bonds. The van der Waals surface area contributed by atoms with Crippen molar-refractivity contribution in [1.29, 1.82) is 0 Å². The Kier molecular flexibility index (Phi) is 3.62. The summed E-state index contributed by atoms with van der Waals surface area (Å²) in [4.78, 5) is 8.19. The zero-order chi connectivity index (χ0) is 14.8. The molecule has 0 spiro atoms. The van der Waals surface area contributed by atoms with Crippen LogP contribution in [0.5, 0.6) is 0 Å². The number of dihydropyridines is 1. The summed E-state index contributed by atoms with van der Waals surface area (Å²) in [5.74, 6) is -0.411. The van der Waals surface area contributed by atoms with E-state index in [9.17, 15) is 9.50 Å². The van der Waals surface area contributed by atoms with Gasteiger partial charge in [-0.15, -0.1) is 0 Å². The Hall–Kier alpha value is -2.34. The molecule has 0 bridgehead atoms. The maximum atomic E-state index is 14.0. The Labute approximate surface area is 125 Å². The van der Waals surface area contributed by atoms with Gasteiger partial charge in [0.15, 0.2) is 5.76 Å². The molecule has 2 heterocycles. The number of nitrogens with zero attached hydrogens (tertiary/aromatic N) is 2. The second-order valence-electron chi connectivity index (χ2n) is 4.53. The molecule has 3 N–H and O–H groups in total.